The van der Waals surface area contributed by atoms with Crippen molar-refractivity contribution in [2.24, 2.45) is 10.9 Å². The van der Waals surface area contributed by atoms with Gasteiger partial charge in [0.05, 0.1) is 11.2 Å². The molecule has 3 N–H and O–H groups in total. The molecule has 0 saturated carbocycles. The van der Waals surface area contributed by atoms with Crippen molar-refractivity contribution in [3.05, 3.63) is 16.1 Å². The van der Waals surface area contributed by atoms with Gasteiger partial charge in [-0.05, 0) is 13.3 Å². The van der Waals surface area contributed by atoms with Gasteiger partial charge in [0.1, 0.15) is 4.88 Å². The number of rotatable bonds is 6. The van der Waals surface area contributed by atoms with E-state index in [4.69, 9.17) is 0 Å². The number of aromatic nitrogens is 1. The second kappa shape index (κ2) is 9.51. The summed E-state index contributed by atoms with van der Waals surface area (Å²) >= 11 is 1.34. The molecule has 2 heterocycles. The quantitative estimate of drug-likeness (QED) is 0.381. The first-order valence-electron chi connectivity index (χ1n) is 8.86. The molecule has 1 fully saturated rings. The van der Waals surface area contributed by atoms with Crippen LogP contribution >= 0.6 is 11.3 Å². The zero-order chi connectivity index (χ0) is 19.1. The average Bonchev–Trinajstić information content (AvgIpc) is 3.25. The highest BCUT2D eigenvalue weighted by Gasteiger charge is 2.27. The Hall–Kier alpha value is -2.16. The summed E-state index contributed by atoms with van der Waals surface area (Å²) in [6.07, 6.45) is 0.903. The van der Waals surface area contributed by atoms with E-state index in [9.17, 15) is 9.59 Å². The third-order valence-corrected chi connectivity index (χ3v) is 5.14. The van der Waals surface area contributed by atoms with E-state index in [1.807, 2.05) is 25.7 Å². The van der Waals surface area contributed by atoms with E-state index in [2.05, 4.69) is 25.9 Å². The molecule has 144 valence electrons. The number of carbonyl (C=O) groups excluding carboxylic acids is 2. The molecule has 0 aliphatic carbocycles. The van der Waals surface area contributed by atoms with E-state index in [1.165, 1.54) is 11.3 Å². The smallest absolute Gasteiger partial charge is 0.263 e. The van der Waals surface area contributed by atoms with Crippen molar-refractivity contribution in [3.8, 4) is 0 Å². The number of hydrogen-bond acceptors (Lipinski definition) is 5. The van der Waals surface area contributed by atoms with Crippen molar-refractivity contribution in [1.82, 2.24) is 25.8 Å². The van der Waals surface area contributed by atoms with E-state index in [0.717, 1.165) is 18.7 Å². The highest BCUT2D eigenvalue weighted by Crippen LogP contribution is 2.13. The largest absolute Gasteiger partial charge is 0.355 e. The molecule has 2 rings (SSSR count). The fraction of sp³-hybridized carbons (Fsp3) is 0.647. The normalized spacial score (nSPS) is 17.5. The minimum absolute atomic E-state index is 0.0250. The molecule has 1 aromatic heterocycles. The molecule has 0 aromatic carbocycles. The molecule has 1 atom stereocenters. The maximum Gasteiger partial charge on any atom is 0.263 e. The van der Waals surface area contributed by atoms with E-state index in [1.54, 1.807) is 12.6 Å². The lowest BCUT2D eigenvalue weighted by atomic mass is 10.2. The van der Waals surface area contributed by atoms with Crippen LogP contribution in [0, 0.1) is 12.8 Å². The van der Waals surface area contributed by atoms with Crippen LogP contribution in [-0.4, -0.2) is 66.9 Å². The molecule has 1 aromatic rings. The number of nitrogens with one attached hydrogen (secondary N) is 3. The molecular formula is C17H28N6O2S. The predicted molar refractivity (Wildman–Crippen MR) is 104 cm³/mol. The summed E-state index contributed by atoms with van der Waals surface area (Å²) in [6, 6.07) is 0.193. The van der Waals surface area contributed by atoms with E-state index < -0.39 is 0 Å². The third-order valence-electron chi connectivity index (χ3n) is 4.21. The Balaban J connectivity index is 1.69. The Bertz CT molecular complexity index is 657. The van der Waals surface area contributed by atoms with Gasteiger partial charge in [-0.25, -0.2) is 4.98 Å². The molecule has 1 aliphatic rings. The van der Waals surface area contributed by atoms with Crippen molar-refractivity contribution >= 4 is 29.1 Å². The summed E-state index contributed by atoms with van der Waals surface area (Å²) in [5.41, 5.74) is 2.42. The lowest BCUT2D eigenvalue weighted by Crippen LogP contribution is -2.47. The van der Waals surface area contributed by atoms with Crippen LogP contribution in [-0.2, 0) is 4.79 Å². The second-order valence-corrected chi connectivity index (χ2v) is 7.45. The van der Waals surface area contributed by atoms with Gasteiger partial charge >= 0.3 is 0 Å². The Kier molecular flexibility index (Phi) is 7.38. The topological polar surface area (TPSA) is 98.7 Å². The zero-order valence-electron chi connectivity index (χ0n) is 15.8. The fourth-order valence-electron chi connectivity index (χ4n) is 2.79. The Morgan fingerprint density at radius 1 is 1.38 bits per heavy atom. The van der Waals surface area contributed by atoms with Gasteiger partial charge < -0.3 is 20.9 Å². The summed E-state index contributed by atoms with van der Waals surface area (Å²) < 4.78 is 0. The molecule has 1 saturated heterocycles. The van der Waals surface area contributed by atoms with Gasteiger partial charge in [0.2, 0.25) is 5.91 Å². The van der Waals surface area contributed by atoms with Gasteiger partial charge in [-0.1, -0.05) is 13.8 Å². The maximum absolute atomic E-state index is 12.1. The lowest BCUT2D eigenvalue weighted by Gasteiger charge is -2.20. The first-order chi connectivity index (χ1) is 12.4. The summed E-state index contributed by atoms with van der Waals surface area (Å²) in [5.74, 6) is 0.792. The Morgan fingerprint density at radius 2 is 2.12 bits per heavy atom. The molecule has 9 heteroatoms. The van der Waals surface area contributed by atoms with Crippen LogP contribution in [0.15, 0.2) is 10.5 Å². The highest BCUT2D eigenvalue weighted by atomic mass is 32.1. The summed E-state index contributed by atoms with van der Waals surface area (Å²) in [6.45, 7) is 8.18. The fourth-order valence-corrected chi connectivity index (χ4v) is 3.51. The highest BCUT2D eigenvalue weighted by molar-refractivity contribution is 7.11. The van der Waals surface area contributed by atoms with Crippen LogP contribution in [0.4, 0.5) is 0 Å². The third kappa shape index (κ3) is 5.42. The number of hydrogen-bond donors (Lipinski definition) is 3. The summed E-state index contributed by atoms with van der Waals surface area (Å²) in [4.78, 5) is 34.9. The van der Waals surface area contributed by atoms with Crippen molar-refractivity contribution in [1.29, 1.82) is 0 Å². The number of likely N-dealkylation sites (tertiary alicyclic amines) is 1. The first kappa shape index (κ1) is 20.2. The molecular weight excluding hydrogens is 352 g/mol. The number of guanidine groups is 1. The summed E-state index contributed by atoms with van der Waals surface area (Å²) in [7, 11) is 1.71. The van der Waals surface area contributed by atoms with E-state index in [-0.39, 0.29) is 23.8 Å². The SMILES string of the molecule is CN=C(NCCNC(=O)c1scnc1C)NC1CCN(C(=O)C(C)C)C1. The molecule has 0 spiro atoms. The van der Waals surface area contributed by atoms with Crippen LogP contribution in [0.25, 0.3) is 0 Å². The van der Waals surface area contributed by atoms with Crippen molar-refractivity contribution in [2.45, 2.75) is 33.2 Å². The molecule has 0 radical (unpaired) electrons. The van der Waals surface area contributed by atoms with Crippen molar-refractivity contribution in [3.63, 3.8) is 0 Å². The van der Waals surface area contributed by atoms with Gasteiger partial charge in [0.15, 0.2) is 5.96 Å². The van der Waals surface area contributed by atoms with Crippen LogP contribution in [0.1, 0.15) is 35.6 Å². The van der Waals surface area contributed by atoms with Crippen molar-refractivity contribution < 1.29 is 9.59 Å². The Morgan fingerprint density at radius 3 is 2.73 bits per heavy atom. The van der Waals surface area contributed by atoms with E-state index in [0.29, 0.717) is 30.5 Å². The molecule has 1 aliphatic heterocycles. The van der Waals surface area contributed by atoms with Crippen LogP contribution in [0.3, 0.4) is 0 Å². The Labute approximate surface area is 158 Å². The zero-order valence-corrected chi connectivity index (χ0v) is 16.7. The first-order valence-corrected chi connectivity index (χ1v) is 9.74. The van der Waals surface area contributed by atoms with Gasteiger partial charge in [-0.3, -0.25) is 14.6 Å². The van der Waals surface area contributed by atoms with Crippen molar-refractivity contribution in [2.75, 3.05) is 33.2 Å². The number of amides is 2. The molecule has 26 heavy (non-hydrogen) atoms. The number of aliphatic imine (C=N–C) groups is 1. The second-order valence-electron chi connectivity index (χ2n) is 6.59. The average molecular weight is 381 g/mol. The molecule has 0 bridgehead atoms. The minimum atomic E-state index is -0.103. The number of nitrogens with zero attached hydrogens (tertiary/aromatic N) is 3. The lowest BCUT2D eigenvalue weighted by molar-refractivity contribution is -0.133. The van der Waals surface area contributed by atoms with Crippen LogP contribution < -0.4 is 16.0 Å². The van der Waals surface area contributed by atoms with Gasteiger partial charge in [-0.2, -0.15) is 0 Å². The van der Waals surface area contributed by atoms with Gasteiger partial charge in [0, 0.05) is 45.2 Å². The van der Waals surface area contributed by atoms with E-state index >= 15 is 0 Å². The molecule has 1 unspecified atom stereocenters. The predicted octanol–water partition coefficient (Wildman–Crippen LogP) is 0.603. The van der Waals surface area contributed by atoms with Gasteiger partial charge in [-0.15, -0.1) is 11.3 Å². The van der Waals surface area contributed by atoms with Gasteiger partial charge in [0.25, 0.3) is 5.91 Å². The number of thiazole rings is 1. The van der Waals surface area contributed by atoms with Crippen LogP contribution in [0.2, 0.25) is 0 Å². The maximum atomic E-state index is 12.1. The number of carbonyl (C=O) groups is 2. The molecule has 8 nitrogen and oxygen atoms in total. The van der Waals surface area contributed by atoms with Crippen LogP contribution in [0.5, 0.6) is 0 Å². The number of aryl methyl sites for hydroxylation is 1. The summed E-state index contributed by atoms with van der Waals surface area (Å²) in [5, 5.41) is 9.39. The minimum Gasteiger partial charge on any atom is -0.355 e. The standard InChI is InChI=1S/C17H28N6O2S/c1-11(2)16(25)23-8-5-13(9-23)22-17(18-4)20-7-6-19-15(24)14-12(3)21-10-26-14/h10-11,13H,5-9H2,1-4H3,(H,19,24)(H2,18,20,22). The molecule has 2 amide bonds. The monoisotopic (exact) mass is 380 g/mol.